The summed E-state index contributed by atoms with van der Waals surface area (Å²) in [6.07, 6.45) is 5.13. The van der Waals surface area contributed by atoms with E-state index in [-0.39, 0.29) is 11.9 Å². The fourth-order valence-electron chi connectivity index (χ4n) is 3.97. The molecule has 1 aromatic heterocycles. The Balaban J connectivity index is 1.36. The molecule has 1 amide bonds. The smallest absolute Gasteiger partial charge is 0.237 e. The molecule has 2 aliphatic rings. The highest BCUT2D eigenvalue weighted by Gasteiger charge is 2.41. The lowest BCUT2D eigenvalue weighted by Crippen LogP contribution is -2.40. The van der Waals surface area contributed by atoms with Gasteiger partial charge in [-0.2, -0.15) is 0 Å². The summed E-state index contributed by atoms with van der Waals surface area (Å²) in [4.78, 5) is 16.9. The predicted molar refractivity (Wildman–Crippen MR) is 94.5 cm³/mol. The van der Waals surface area contributed by atoms with Crippen molar-refractivity contribution >= 4 is 16.8 Å². The summed E-state index contributed by atoms with van der Waals surface area (Å²) in [5, 5.41) is 11.0. The normalized spacial score (nSPS) is 22.8. The Hall–Kier alpha value is -1.98. The van der Waals surface area contributed by atoms with Crippen molar-refractivity contribution in [2.45, 2.75) is 31.8 Å². The fourth-order valence-corrected chi connectivity index (χ4v) is 3.97. The van der Waals surface area contributed by atoms with Gasteiger partial charge in [-0.15, -0.1) is 0 Å². The second-order valence-electron chi connectivity index (χ2n) is 7.14. The van der Waals surface area contributed by atoms with E-state index in [1.54, 1.807) is 0 Å². The molecule has 5 heteroatoms. The van der Waals surface area contributed by atoms with Gasteiger partial charge in [0.05, 0.1) is 11.6 Å². The van der Waals surface area contributed by atoms with Crippen LogP contribution >= 0.6 is 0 Å². The summed E-state index contributed by atoms with van der Waals surface area (Å²) >= 11 is 0. The van der Waals surface area contributed by atoms with Gasteiger partial charge in [0.25, 0.3) is 0 Å². The first-order valence-electron chi connectivity index (χ1n) is 8.80. The summed E-state index contributed by atoms with van der Waals surface area (Å²) < 4.78 is 0. The second-order valence-corrected chi connectivity index (χ2v) is 7.14. The number of nitrogens with one attached hydrogen (secondary N) is 3. The van der Waals surface area contributed by atoms with Crippen molar-refractivity contribution < 1.29 is 4.79 Å². The Bertz CT molecular complexity index is 739. The van der Waals surface area contributed by atoms with Crippen molar-refractivity contribution in [1.29, 1.82) is 0 Å². The minimum Gasteiger partial charge on any atom is -0.351 e. The van der Waals surface area contributed by atoms with E-state index in [1.165, 1.54) is 12.8 Å². The van der Waals surface area contributed by atoms with Crippen LogP contribution in [0, 0.1) is 5.41 Å². The van der Waals surface area contributed by atoms with Crippen molar-refractivity contribution in [2.24, 2.45) is 5.41 Å². The van der Waals surface area contributed by atoms with Gasteiger partial charge in [-0.05, 0) is 55.5 Å². The van der Waals surface area contributed by atoms with Crippen LogP contribution in [0.4, 0.5) is 0 Å². The van der Waals surface area contributed by atoms with E-state index in [4.69, 9.17) is 0 Å². The number of pyridine rings is 1. The first-order valence-corrected chi connectivity index (χ1v) is 8.80. The summed E-state index contributed by atoms with van der Waals surface area (Å²) in [5.41, 5.74) is 2.34. The Morgan fingerprint density at radius 1 is 1.29 bits per heavy atom. The van der Waals surface area contributed by atoms with Gasteiger partial charge in [0.15, 0.2) is 0 Å². The third kappa shape index (κ3) is 3.14. The molecule has 0 bridgehead atoms. The van der Waals surface area contributed by atoms with Gasteiger partial charge in [0, 0.05) is 24.7 Å². The van der Waals surface area contributed by atoms with Crippen LogP contribution in [0.5, 0.6) is 0 Å². The summed E-state index contributed by atoms with van der Waals surface area (Å²) in [5.74, 6) is 0.110. The van der Waals surface area contributed by atoms with Gasteiger partial charge in [-0.3, -0.25) is 9.78 Å². The maximum Gasteiger partial charge on any atom is 0.237 e. The first kappa shape index (κ1) is 15.5. The first-order chi connectivity index (χ1) is 11.7. The minimum absolute atomic E-state index is 0.0588. The molecule has 3 heterocycles. The molecule has 2 aliphatic heterocycles. The highest BCUT2D eigenvalue weighted by molar-refractivity contribution is 5.82. The van der Waals surface area contributed by atoms with Crippen LogP contribution in [-0.4, -0.2) is 36.6 Å². The Labute approximate surface area is 142 Å². The van der Waals surface area contributed by atoms with Gasteiger partial charge in [-0.1, -0.05) is 18.2 Å². The third-order valence-corrected chi connectivity index (χ3v) is 5.46. The van der Waals surface area contributed by atoms with E-state index in [1.807, 2.05) is 30.5 Å². The summed E-state index contributed by atoms with van der Waals surface area (Å²) in [7, 11) is 0. The topological polar surface area (TPSA) is 66.0 Å². The lowest BCUT2D eigenvalue weighted by Gasteiger charge is -2.33. The lowest BCUT2D eigenvalue weighted by atomic mass is 9.77. The number of benzene rings is 1. The van der Waals surface area contributed by atoms with E-state index < -0.39 is 0 Å². The third-order valence-electron chi connectivity index (χ3n) is 5.46. The van der Waals surface area contributed by atoms with E-state index in [9.17, 15) is 4.79 Å². The van der Waals surface area contributed by atoms with Gasteiger partial charge < -0.3 is 16.0 Å². The van der Waals surface area contributed by atoms with Crippen molar-refractivity contribution in [2.75, 3.05) is 19.6 Å². The minimum atomic E-state index is -0.0588. The Morgan fingerprint density at radius 2 is 2.12 bits per heavy atom. The molecule has 1 spiro atoms. The maximum absolute atomic E-state index is 12.5. The number of para-hydroxylation sites is 1. The molecule has 2 aromatic rings. The number of hydrogen-bond donors (Lipinski definition) is 3. The Kier molecular flexibility index (Phi) is 4.21. The molecule has 3 N–H and O–H groups in total. The standard InChI is InChI=1S/C19H24N4O/c24-18(17-10-19(13-23-17)5-7-20-8-6-19)22-12-14-9-15-3-1-2-4-16(15)21-11-14/h1-4,9,11,17,20,23H,5-8,10,12-13H2,(H,22,24)/t17-/m0/s1. The molecular formula is C19H24N4O. The van der Waals surface area contributed by atoms with E-state index >= 15 is 0 Å². The lowest BCUT2D eigenvalue weighted by molar-refractivity contribution is -0.123. The highest BCUT2D eigenvalue weighted by Crippen LogP contribution is 2.37. The number of fused-ring (bicyclic) bond motifs is 1. The number of piperidine rings is 1. The van der Waals surface area contributed by atoms with E-state index in [2.05, 4.69) is 27.0 Å². The van der Waals surface area contributed by atoms with E-state index in [0.717, 1.165) is 42.5 Å². The van der Waals surface area contributed by atoms with Crippen LogP contribution in [0.2, 0.25) is 0 Å². The van der Waals surface area contributed by atoms with Crippen LogP contribution < -0.4 is 16.0 Å². The second kappa shape index (κ2) is 6.49. The van der Waals surface area contributed by atoms with Gasteiger partial charge in [0.1, 0.15) is 0 Å². The van der Waals surface area contributed by atoms with Crippen molar-refractivity contribution in [3.63, 3.8) is 0 Å². The van der Waals surface area contributed by atoms with Gasteiger partial charge >= 0.3 is 0 Å². The van der Waals surface area contributed by atoms with Crippen molar-refractivity contribution in [1.82, 2.24) is 20.9 Å². The molecular weight excluding hydrogens is 300 g/mol. The number of aromatic nitrogens is 1. The molecule has 24 heavy (non-hydrogen) atoms. The molecule has 0 aliphatic carbocycles. The largest absolute Gasteiger partial charge is 0.351 e. The van der Waals surface area contributed by atoms with Crippen molar-refractivity contribution in [3.8, 4) is 0 Å². The number of carbonyl (C=O) groups excluding carboxylic acids is 1. The van der Waals surface area contributed by atoms with Crippen LogP contribution in [0.1, 0.15) is 24.8 Å². The number of rotatable bonds is 3. The molecule has 0 radical (unpaired) electrons. The quantitative estimate of drug-likeness (QED) is 0.802. The van der Waals surface area contributed by atoms with Gasteiger partial charge in [-0.25, -0.2) is 0 Å². The maximum atomic E-state index is 12.5. The molecule has 1 aromatic carbocycles. The zero-order valence-electron chi connectivity index (χ0n) is 13.8. The SMILES string of the molecule is O=C(NCc1cnc2ccccc2c1)[C@@H]1CC2(CCNCC2)CN1. The molecule has 5 nitrogen and oxygen atoms in total. The monoisotopic (exact) mass is 324 g/mol. The predicted octanol–water partition coefficient (Wildman–Crippen LogP) is 1.58. The zero-order valence-corrected chi connectivity index (χ0v) is 13.8. The summed E-state index contributed by atoms with van der Waals surface area (Å²) in [6, 6.07) is 10.1. The van der Waals surface area contributed by atoms with E-state index in [0.29, 0.717) is 12.0 Å². The fraction of sp³-hybridized carbons (Fsp3) is 0.474. The van der Waals surface area contributed by atoms with Crippen LogP contribution in [0.15, 0.2) is 36.5 Å². The molecule has 2 saturated heterocycles. The number of nitrogens with zero attached hydrogens (tertiary/aromatic N) is 1. The molecule has 1 atom stereocenters. The average Bonchev–Trinajstić information content (AvgIpc) is 3.03. The van der Waals surface area contributed by atoms with Crippen LogP contribution in [-0.2, 0) is 11.3 Å². The molecule has 4 rings (SSSR count). The molecule has 126 valence electrons. The van der Waals surface area contributed by atoms with Crippen molar-refractivity contribution in [3.05, 3.63) is 42.1 Å². The summed E-state index contributed by atoms with van der Waals surface area (Å²) in [6.45, 7) is 3.63. The number of carbonyl (C=O) groups is 1. The van der Waals surface area contributed by atoms with Gasteiger partial charge in [0.2, 0.25) is 5.91 Å². The number of amides is 1. The molecule has 0 saturated carbocycles. The Morgan fingerprint density at radius 3 is 3.00 bits per heavy atom. The zero-order chi connectivity index (χ0) is 16.4. The number of hydrogen-bond acceptors (Lipinski definition) is 4. The molecule has 2 fully saturated rings. The highest BCUT2D eigenvalue weighted by atomic mass is 16.2. The average molecular weight is 324 g/mol. The van der Waals surface area contributed by atoms with Crippen LogP contribution in [0.25, 0.3) is 10.9 Å². The molecule has 0 unspecified atom stereocenters. The van der Waals surface area contributed by atoms with Crippen LogP contribution in [0.3, 0.4) is 0 Å².